The number of aliphatic hydroxyl groups excluding tert-OH is 2. The Bertz CT molecular complexity index is 1950. The number of benzene rings is 2. The third-order valence-corrected chi connectivity index (χ3v) is 12.2. The summed E-state index contributed by atoms with van der Waals surface area (Å²) >= 11 is 0. The number of fused-ring (bicyclic) bond motifs is 14. The fourth-order valence-corrected chi connectivity index (χ4v) is 7.75. The number of rotatable bonds is 3. The van der Waals surface area contributed by atoms with E-state index >= 15 is 0 Å². The second-order valence-electron chi connectivity index (χ2n) is 15.9. The van der Waals surface area contributed by atoms with Crippen molar-refractivity contribution in [2.24, 2.45) is 34.7 Å². The van der Waals surface area contributed by atoms with Gasteiger partial charge in [0.15, 0.2) is 5.75 Å². The van der Waals surface area contributed by atoms with Crippen molar-refractivity contribution in [1.82, 2.24) is 9.91 Å². The number of carbonyl (C=O) groups excluding carboxylic acids is 2. The summed E-state index contributed by atoms with van der Waals surface area (Å²) in [4.78, 5) is 30.2. The van der Waals surface area contributed by atoms with Gasteiger partial charge in [-0.1, -0.05) is 52.8 Å². The fraction of sp³-hybridized carbons (Fsp3) is 0.548. The van der Waals surface area contributed by atoms with Crippen LogP contribution in [0.1, 0.15) is 70.0 Å². The third kappa shape index (κ3) is 7.97. The predicted octanol–water partition coefficient (Wildman–Crippen LogP) is 5.04. The smallest absolute Gasteiger partial charge is 0.312 e. The fourth-order valence-electron chi connectivity index (χ4n) is 7.75. The Morgan fingerprint density at radius 2 is 1.55 bits per heavy atom. The Morgan fingerprint density at radius 1 is 0.893 bits per heavy atom. The number of aromatic hydroxyl groups is 3. The molecule has 4 aliphatic heterocycles. The predicted molar refractivity (Wildman–Crippen MR) is 214 cm³/mol. The molecule has 0 saturated carbocycles. The van der Waals surface area contributed by atoms with Crippen LogP contribution in [0.3, 0.4) is 0 Å². The minimum absolute atomic E-state index is 0.0425. The molecular formula is C42H58N4O10. The lowest BCUT2D eigenvalue weighted by atomic mass is 9.74. The van der Waals surface area contributed by atoms with Crippen LogP contribution in [-0.2, 0) is 14.3 Å². The highest BCUT2D eigenvalue weighted by Crippen LogP contribution is 2.55. The molecule has 306 valence electrons. The monoisotopic (exact) mass is 778 g/mol. The van der Waals surface area contributed by atoms with Crippen molar-refractivity contribution < 1.29 is 49.3 Å². The number of methoxy groups -OCH3 is 1. The maximum Gasteiger partial charge on any atom is 0.312 e. The van der Waals surface area contributed by atoms with Gasteiger partial charge in [0.05, 0.1) is 53.0 Å². The number of allylic oxidation sites excluding steroid dienone is 2. The largest absolute Gasteiger partial charge is 0.507 e. The molecule has 0 spiro atoms. The van der Waals surface area contributed by atoms with Crippen LogP contribution in [0.5, 0.6) is 23.0 Å². The zero-order valence-corrected chi connectivity index (χ0v) is 34.0. The number of Topliss-reactive ketones (excluding diaryl/α,β-unsaturated/α-hetero) is 1. The number of phenols is 3. The Hall–Kier alpha value is -4.63. The highest BCUT2D eigenvalue weighted by molar-refractivity contribution is 6.23. The van der Waals surface area contributed by atoms with Gasteiger partial charge in [-0.05, 0) is 44.7 Å². The number of piperazine rings is 1. The SMILES string of the molecule is CO[C@H]1/C=C/O[C@@]2(C)Oc3c(C)c(O)c4c(O)c(c(/C=N/N5CCN(C)CC5)c(O)c4c3C2=O)NC(=O)/C(C)=C/C=C/[C@H](C)[C@H](O)[C@@H](C)[C@H](O)[C@H](C)[C@H](C)[C@@H]1C. The second-order valence-corrected chi connectivity index (χ2v) is 15.9. The second kappa shape index (κ2) is 16.8. The van der Waals surface area contributed by atoms with Crippen molar-refractivity contribution in [1.29, 1.82) is 0 Å². The maximum atomic E-state index is 14.4. The summed E-state index contributed by atoms with van der Waals surface area (Å²) in [5.74, 6) is -6.29. The first kappa shape index (κ1) is 42.5. The summed E-state index contributed by atoms with van der Waals surface area (Å²) in [7, 11) is 3.55. The number of phenolic OH excluding ortho intramolecular Hbond substituents is 3. The molecule has 0 aromatic heterocycles. The number of carbonyl (C=O) groups is 2. The molecule has 6 N–H and O–H groups in total. The van der Waals surface area contributed by atoms with Crippen LogP contribution < -0.4 is 10.1 Å². The van der Waals surface area contributed by atoms with Crippen molar-refractivity contribution in [2.45, 2.75) is 79.5 Å². The van der Waals surface area contributed by atoms with Gasteiger partial charge in [0.25, 0.3) is 11.7 Å². The normalized spacial score (nSPS) is 33.3. The van der Waals surface area contributed by atoms with Gasteiger partial charge >= 0.3 is 5.79 Å². The molecule has 1 amide bonds. The molecule has 9 atom stereocenters. The Morgan fingerprint density at radius 3 is 2.20 bits per heavy atom. The van der Waals surface area contributed by atoms with E-state index in [1.807, 2.05) is 34.7 Å². The van der Waals surface area contributed by atoms with E-state index in [1.54, 1.807) is 50.3 Å². The molecule has 2 aromatic carbocycles. The standard InChI is InChI=1S/C42H58N4O10/c1-21-12-11-13-22(2)41(53)44-33-28(20-43-46-17-15-45(9)16-18-46)37(50)30-31(38(33)51)36(49)27(7)39-32(30)40(52)42(8,56-39)55-19-14-29(54-10)24(4)23(3)25(5)35(48)26(6)34(21)47/h11-14,19-21,23-26,29,34-35,47-51H,15-18H2,1-10H3,(H,44,53)/b12-11+,19-14+,22-13+,43-20+/t21-,23+,24-,25+,26+,29-,34-,35+,42-/m0/s1. The molecule has 0 radical (unpaired) electrons. The minimum Gasteiger partial charge on any atom is -0.507 e. The van der Waals surface area contributed by atoms with E-state index in [0.717, 1.165) is 13.1 Å². The number of amides is 1. The number of likely N-dealkylation sites (N-methyl/N-ethyl adjacent to an activating group) is 1. The van der Waals surface area contributed by atoms with Gasteiger partial charge in [-0.2, -0.15) is 5.10 Å². The zero-order chi connectivity index (χ0) is 41.4. The van der Waals surface area contributed by atoms with Crippen molar-refractivity contribution in [3.8, 4) is 23.0 Å². The van der Waals surface area contributed by atoms with E-state index in [4.69, 9.17) is 14.2 Å². The van der Waals surface area contributed by atoms with Crippen molar-refractivity contribution in [3.63, 3.8) is 0 Å². The number of hydrogen-bond acceptors (Lipinski definition) is 13. The van der Waals surface area contributed by atoms with E-state index in [2.05, 4.69) is 15.3 Å². The van der Waals surface area contributed by atoms with Crippen LogP contribution in [0.25, 0.3) is 10.8 Å². The molecule has 2 aromatic rings. The number of hydrazone groups is 1. The lowest BCUT2D eigenvalue weighted by Crippen LogP contribution is -2.41. The number of ketones is 1. The quantitative estimate of drug-likeness (QED) is 0.138. The molecule has 1 saturated heterocycles. The van der Waals surface area contributed by atoms with Gasteiger partial charge in [0.1, 0.15) is 17.2 Å². The molecule has 5 bridgehead atoms. The molecular weight excluding hydrogens is 720 g/mol. The summed E-state index contributed by atoms with van der Waals surface area (Å²) in [6.07, 6.45) is 6.94. The van der Waals surface area contributed by atoms with Gasteiger partial charge in [0.2, 0.25) is 0 Å². The molecule has 14 nitrogen and oxygen atoms in total. The average Bonchev–Trinajstić information content (AvgIpc) is 3.44. The van der Waals surface area contributed by atoms with E-state index in [-0.39, 0.29) is 68.1 Å². The lowest BCUT2D eigenvalue weighted by molar-refractivity contribution is -0.112. The molecule has 0 aliphatic carbocycles. The van der Waals surface area contributed by atoms with E-state index in [1.165, 1.54) is 26.3 Å². The first-order chi connectivity index (χ1) is 26.3. The van der Waals surface area contributed by atoms with E-state index in [0.29, 0.717) is 13.1 Å². The molecule has 4 aliphatic rings. The van der Waals surface area contributed by atoms with E-state index in [9.17, 15) is 35.1 Å². The van der Waals surface area contributed by atoms with Crippen LogP contribution in [0, 0.1) is 36.5 Å². The van der Waals surface area contributed by atoms with Gasteiger partial charge in [-0.25, -0.2) is 0 Å². The highest BCUT2D eigenvalue weighted by Gasteiger charge is 2.50. The maximum absolute atomic E-state index is 14.4. The number of anilines is 1. The van der Waals surface area contributed by atoms with Crippen LogP contribution in [-0.4, -0.2) is 118 Å². The van der Waals surface area contributed by atoms with E-state index < -0.39 is 59.0 Å². The molecule has 4 heterocycles. The summed E-state index contributed by atoms with van der Waals surface area (Å²) < 4.78 is 17.9. The Kier molecular flexibility index (Phi) is 12.8. The molecule has 1 fully saturated rings. The van der Waals surface area contributed by atoms with Gasteiger partial charge in [0, 0.05) is 68.6 Å². The summed E-state index contributed by atoms with van der Waals surface area (Å²) in [6.45, 7) is 16.7. The van der Waals surface area contributed by atoms with Gasteiger partial charge in [-0.15, -0.1) is 0 Å². The Labute approximate surface area is 328 Å². The number of nitrogens with one attached hydrogen (secondary N) is 1. The summed E-state index contributed by atoms with van der Waals surface area (Å²) in [5, 5.41) is 66.7. The third-order valence-electron chi connectivity index (χ3n) is 12.2. The lowest BCUT2D eigenvalue weighted by Gasteiger charge is -2.37. The highest BCUT2D eigenvalue weighted by atomic mass is 16.7. The first-order valence-corrected chi connectivity index (χ1v) is 19.2. The van der Waals surface area contributed by atoms with Crippen LogP contribution >= 0.6 is 0 Å². The average molecular weight is 779 g/mol. The van der Waals surface area contributed by atoms with Crippen LogP contribution in [0.2, 0.25) is 0 Å². The summed E-state index contributed by atoms with van der Waals surface area (Å²) in [6, 6.07) is 0. The Balaban J connectivity index is 1.70. The van der Waals surface area contributed by atoms with Gasteiger partial charge in [-0.3, -0.25) is 14.6 Å². The number of ether oxygens (including phenoxy) is 3. The van der Waals surface area contributed by atoms with Crippen molar-refractivity contribution in [2.75, 3.05) is 45.7 Å². The molecule has 0 unspecified atom stereocenters. The van der Waals surface area contributed by atoms with Crippen LogP contribution in [0.4, 0.5) is 5.69 Å². The first-order valence-electron chi connectivity index (χ1n) is 19.2. The van der Waals surface area contributed by atoms with Gasteiger partial charge < -0.3 is 50.0 Å². The molecule has 14 heteroatoms. The summed E-state index contributed by atoms with van der Waals surface area (Å²) in [5.41, 5.74) is -0.140. The van der Waals surface area contributed by atoms with Crippen LogP contribution in [0.15, 0.2) is 41.2 Å². The number of aliphatic hydroxyl groups is 2. The zero-order valence-electron chi connectivity index (χ0n) is 34.0. The molecule has 56 heavy (non-hydrogen) atoms. The van der Waals surface area contributed by atoms with Crippen molar-refractivity contribution >= 4 is 34.4 Å². The minimum atomic E-state index is -1.95. The number of nitrogens with zero attached hydrogens (tertiary/aromatic N) is 3. The number of hydrogen-bond donors (Lipinski definition) is 6. The van der Waals surface area contributed by atoms with Crippen molar-refractivity contribution in [3.05, 3.63) is 52.8 Å². The molecule has 6 rings (SSSR count). The topological polar surface area (TPSA) is 194 Å².